The van der Waals surface area contributed by atoms with Crippen LogP contribution >= 0.6 is 0 Å². The molecule has 1 aromatic rings. The molecule has 144 valence electrons. The van der Waals surface area contributed by atoms with E-state index in [-0.39, 0.29) is 35.7 Å². The SMILES string of the molecule is CCCC(=NOCC)C1=C(O)CN(C(=O)c2ccc([N+](=O)[O-])cc2)CC1=O. The van der Waals surface area contributed by atoms with Gasteiger partial charge in [0.15, 0.2) is 5.78 Å². The number of nitro groups is 1. The summed E-state index contributed by atoms with van der Waals surface area (Å²) >= 11 is 0. The van der Waals surface area contributed by atoms with E-state index >= 15 is 0 Å². The Kier molecular flexibility index (Phi) is 6.64. The highest BCUT2D eigenvalue weighted by molar-refractivity contribution is 6.24. The topological polar surface area (TPSA) is 122 Å². The number of nitro benzene ring substituents is 1. The number of carbonyl (C=O) groups is 2. The molecule has 9 heteroatoms. The molecule has 0 saturated carbocycles. The molecule has 1 aromatic carbocycles. The third-order valence-electron chi connectivity index (χ3n) is 3.93. The van der Waals surface area contributed by atoms with E-state index < -0.39 is 16.6 Å². The fourth-order valence-corrected chi connectivity index (χ4v) is 2.70. The zero-order chi connectivity index (χ0) is 20.0. The summed E-state index contributed by atoms with van der Waals surface area (Å²) in [6.45, 7) is 3.64. The number of aliphatic hydroxyl groups excluding tert-OH is 1. The maximum absolute atomic E-state index is 12.6. The van der Waals surface area contributed by atoms with Gasteiger partial charge < -0.3 is 14.8 Å². The highest BCUT2D eigenvalue weighted by atomic mass is 16.6. The number of rotatable bonds is 7. The predicted molar refractivity (Wildman–Crippen MR) is 97.6 cm³/mol. The molecule has 1 amide bonds. The highest BCUT2D eigenvalue weighted by Gasteiger charge is 2.32. The lowest BCUT2D eigenvalue weighted by molar-refractivity contribution is -0.384. The van der Waals surface area contributed by atoms with Crippen molar-refractivity contribution in [2.75, 3.05) is 19.7 Å². The zero-order valence-corrected chi connectivity index (χ0v) is 15.2. The number of carbonyl (C=O) groups excluding carboxylic acids is 2. The zero-order valence-electron chi connectivity index (χ0n) is 15.2. The van der Waals surface area contributed by atoms with Gasteiger partial charge in [-0.2, -0.15) is 0 Å². The summed E-state index contributed by atoms with van der Waals surface area (Å²) in [6, 6.07) is 5.07. The van der Waals surface area contributed by atoms with Crippen molar-refractivity contribution in [3.05, 3.63) is 51.3 Å². The summed E-state index contributed by atoms with van der Waals surface area (Å²) in [5.74, 6) is -1.17. The molecule has 0 atom stereocenters. The molecular formula is C18H21N3O6. The van der Waals surface area contributed by atoms with E-state index in [0.717, 1.165) is 0 Å². The minimum absolute atomic E-state index is 0.0954. The van der Waals surface area contributed by atoms with Crippen LogP contribution in [-0.2, 0) is 9.63 Å². The second-order valence-electron chi connectivity index (χ2n) is 5.92. The van der Waals surface area contributed by atoms with E-state index in [2.05, 4.69) is 5.16 Å². The molecule has 27 heavy (non-hydrogen) atoms. The van der Waals surface area contributed by atoms with Gasteiger partial charge in [-0.3, -0.25) is 19.7 Å². The first-order valence-electron chi connectivity index (χ1n) is 8.57. The summed E-state index contributed by atoms with van der Waals surface area (Å²) in [5.41, 5.74) is 0.520. The molecule has 1 aliphatic heterocycles. The van der Waals surface area contributed by atoms with E-state index in [1.165, 1.54) is 29.2 Å². The largest absolute Gasteiger partial charge is 0.510 e. The van der Waals surface area contributed by atoms with Gasteiger partial charge in [0.2, 0.25) is 0 Å². The molecule has 0 aromatic heterocycles. The monoisotopic (exact) mass is 375 g/mol. The smallest absolute Gasteiger partial charge is 0.269 e. The van der Waals surface area contributed by atoms with E-state index in [9.17, 15) is 24.8 Å². The van der Waals surface area contributed by atoms with Crippen LogP contribution < -0.4 is 0 Å². The van der Waals surface area contributed by atoms with Crippen molar-refractivity contribution in [1.29, 1.82) is 0 Å². The Morgan fingerprint density at radius 2 is 1.96 bits per heavy atom. The van der Waals surface area contributed by atoms with Crippen LogP contribution in [0.15, 0.2) is 40.8 Å². The molecule has 0 spiro atoms. The van der Waals surface area contributed by atoms with Gasteiger partial charge >= 0.3 is 0 Å². The van der Waals surface area contributed by atoms with Crippen molar-refractivity contribution in [3.63, 3.8) is 0 Å². The van der Waals surface area contributed by atoms with Crippen molar-refractivity contribution < 1.29 is 24.5 Å². The van der Waals surface area contributed by atoms with Gasteiger partial charge in [0.25, 0.3) is 11.6 Å². The first-order chi connectivity index (χ1) is 12.9. The fourth-order valence-electron chi connectivity index (χ4n) is 2.70. The first-order valence-corrected chi connectivity index (χ1v) is 8.57. The Hall–Kier alpha value is -3.23. The molecule has 0 saturated heterocycles. The number of aliphatic hydroxyl groups is 1. The predicted octanol–water partition coefficient (Wildman–Crippen LogP) is 2.62. The van der Waals surface area contributed by atoms with Crippen molar-refractivity contribution in [2.45, 2.75) is 26.7 Å². The molecule has 0 unspecified atom stereocenters. The van der Waals surface area contributed by atoms with Crippen LogP contribution in [0.5, 0.6) is 0 Å². The molecule has 2 rings (SSSR count). The van der Waals surface area contributed by atoms with Gasteiger partial charge in [-0.05, 0) is 25.5 Å². The number of non-ortho nitro benzene ring substituents is 1. The first kappa shape index (κ1) is 20.1. The normalized spacial score (nSPS) is 15.1. The molecule has 0 fully saturated rings. The van der Waals surface area contributed by atoms with Gasteiger partial charge in [0.05, 0.1) is 29.3 Å². The maximum Gasteiger partial charge on any atom is 0.269 e. The summed E-state index contributed by atoms with van der Waals surface area (Å²) < 4.78 is 0. The number of benzene rings is 1. The Morgan fingerprint density at radius 3 is 2.48 bits per heavy atom. The Bertz CT molecular complexity index is 798. The lowest BCUT2D eigenvalue weighted by Crippen LogP contribution is -2.43. The van der Waals surface area contributed by atoms with Crippen molar-refractivity contribution >= 4 is 23.1 Å². The van der Waals surface area contributed by atoms with E-state index in [1.54, 1.807) is 6.92 Å². The van der Waals surface area contributed by atoms with Crippen LogP contribution in [-0.4, -0.2) is 52.0 Å². The number of nitrogens with zero attached hydrogens (tertiary/aromatic N) is 3. The second kappa shape index (κ2) is 8.93. The Morgan fingerprint density at radius 1 is 1.30 bits per heavy atom. The third kappa shape index (κ3) is 4.69. The number of hydrogen-bond donors (Lipinski definition) is 1. The molecular weight excluding hydrogens is 354 g/mol. The Labute approximate surface area is 156 Å². The summed E-state index contributed by atoms with van der Waals surface area (Å²) in [5, 5.41) is 25.0. The fraction of sp³-hybridized carbons (Fsp3) is 0.389. The third-order valence-corrected chi connectivity index (χ3v) is 3.93. The minimum atomic E-state index is -0.563. The minimum Gasteiger partial charge on any atom is -0.510 e. The number of amides is 1. The van der Waals surface area contributed by atoms with E-state index in [4.69, 9.17) is 4.84 Å². The van der Waals surface area contributed by atoms with E-state index in [0.29, 0.717) is 25.2 Å². The second-order valence-corrected chi connectivity index (χ2v) is 5.92. The number of Topliss-reactive ketones (excluding diaryl/α,β-unsaturated/α-hetero) is 1. The standard InChI is InChI=1S/C18H21N3O6/c1-3-5-14(19-27-4-2)17-15(22)10-20(11-16(17)23)18(24)12-6-8-13(9-7-12)21(25)26/h6-9,22H,3-5,10-11H2,1-2H3. The molecule has 1 N–H and O–H groups in total. The van der Waals surface area contributed by atoms with Crippen LogP contribution in [0, 0.1) is 10.1 Å². The number of hydrogen-bond acceptors (Lipinski definition) is 7. The average Bonchev–Trinajstić information content (AvgIpc) is 2.64. The van der Waals surface area contributed by atoms with Gasteiger partial charge in [-0.25, -0.2) is 0 Å². The van der Waals surface area contributed by atoms with Crippen LogP contribution in [0.1, 0.15) is 37.0 Å². The van der Waals surface area contributed by atoms with E-state index in [1.807, 2.05) is 6.92 Å². The van der Waals surface area contributed by atoms with Crippen molar-refractivity contribution in [2.24, 2.45) is 5.16 Å². The summed E-state index contributed by atoms with van der Waals surface area (Å²) in [6.07, 6.45) is 1.17. The average molecular weight is 375 g/mol. The highest BCUT2D eigenvalue weighted by Crippen LogP contribution is 2.20. The number of ketones is 1. The van der Waals surface area contributed by atoms with Crippen LogP contribution in [0.3, 0.4) is 0 Å². The van der Waals surface area contributed by atoms with Gasteiger partial charge in [-0.15, -0.1) is 0 Å². The molecule has 0 aliphatic carbocycles. The Balaban J connectivity index is 2.24. The molecule has 1 heterocycles. The van der Waals surface area contributed by atoms with Crippen molar-refractivity contribution in [3.8, 4) is 0 Å². The van der Waals surface area contributed by atoms with Gasteiger partial charge in [0.1, 0.15) is 12.4 Å². The molecule has 0 radical (unpaired) electrons. The van der Waals surface area contributed by atoms with Crippen molar-refractivity contribution in [1.82, 2.24) is 4.90 Å². The quantitative estimate of drug-likeness (QED) is 0.444. The molecule has 1 aliphatic rings. The number of oxime groups is 1. The molecule has 0 bridgehead atoms. The maximum atomic E-state index is 12.6. The lowest BCUT2D eigenvalue weighted by Gasteiger charge is -2.27. The van der Waals surface area contributed by atoms with Gasteiger partial charge in [-0.1, -0.05) is 18.5 Å². The molecule has 9 nitrogen and oxygen atoms in total. The van der Waals surface area contributed by atoms with Crippen LogP contribution in [0.25, 0.3) is 0 Å². The van der Waals surface area contributed by atoms with Crippen LogP contribution in [0.4, 0.5) is 5.69 Å². The summed E-state index contributed by atoms with van der Waals surface area (Å²) in [7, 11) is 0. The lowest BCUT2D eigenvalue weighted by atomic mass is 9.96. The summed E-state index contributed by atoms with van der Waals surface area (Å²) in [4.78, 5) is 41.5. The van der Waals surface area contributed by atoms with Crippen LogP contribution in [0.2, 0.25) is 0 Å². The van der Waals surface area contributed by atoms with Gasteiger partial charge in [0, 0.05) is 17.7 Å².